The van der Waals surface area contributed by atoms with Crippen molar-refractivity contribution in [3.05, 3.63) is 32.8 Å². The molecule has 2 N–H and O–H groups in total. The molecule has 6 heteroatoms. The number of hydrogen-bond acceptors (Lipinski definition) is 4. The summed E-state index contributed by atoms with van der Waals surface area (Å²) < 4.78 is 6.73. The number of halogens is 1. The third-order valence-electron chi connectivity index (χ3n) is 4.98. The van der Waals surface area contributed by atoms with Gasteiger partial charge in [-0.15, -0.1) is 0 Å². The molecule has 2 aliphatic rings. The van der Waals surface area contributed by atoms with E-state index in [1.54, 1.807) is 6.07 Å². The zero-order valence-corrected chi connectivity index (χ0v) is 13.3. The minimum Gasteiger partial charge on any atom is -0.489 e. The van der Waals surface area contributed by atoms with E-state index in [1.807, 2.05) is 0 Å². The Morgan fingerprint density at radius 1 is 1.29 bits per heavy atom. The molecule has 0 aromatic heterocycles. The largest absolute Gasteiger partial charge is 0.489 e. The van der Waals surface area contributed by atoms with Gasteiger partial charge in [-0.1, -0.05) is 35.2 Å². The van der Waals surface area contributed by atoms with Gasteiger partial charge >= 0.3 is 0 Å². The van der Waals surface area contributed by atoms with Crippen molar-refractivity contribution in [2.75, 3.05) is 0 Å². The van der Waals surface area contributed by atoms with Gasteiger partial charge in [0.1, 0.15) is 11.9 Å². The van der Waals surface area contributed by atoms with Crippen molar-refractivity contribution in [1.29, 1.82) is 0 Å². The van der Waals surface area contributed by atoms with Crippen molar-refractivity contribution in [2.45, 2.75) is 50.7 Å². The highest BCUT2D eigenvalue weighted by Crippen LogP contribution is 2.52. The van der Waals surface area contributed by atoms with Crippen LogP contribution in [0.15, 0.2) is 22.7 Å². The summed E-state index contributed by atoms with van der Waals surface area (Å²) in [6, 6.07) is 4.96. The lowest BCUT2D eigenvalue weighted by atomic mass is 9.55. The first kappa shape index (κ1) is 14.8. The minimum atomic E-state index is -0.402. The summed E-state index contributed by atoms with van der Waals surface area (Å²) in [4.78, 5) is 10.5. The first-order chi connectivity index (χ1) is 10.0. The number of nitrogens with two attached hydrogens (primary N) is 1. The average Bonchev–Trinajstić information content (AvgIpc) is 2.47. The molecule has 21 heavy (non-hydrogen) atoms. The predicted molar refractivity (Wildman–Crippen MR) is 83.3 cm³/mol. The van der Waals surface area contributed by atoms with Crippen molar-refractivity contribution in [3.63, 3.8) is 0 Å². The van der Waals surface area contributed by atoms with Gasteiger partial charge in [0, 0.05) is 28.4 Å². The molecule has 0 amide bonds. The lowest BCUT2D eigenvalue weighted by Crippen LogP contribution is -2.64. The number of non-ortho nitro benzene ring substituents is 1. The second-order valence-electron chi connectivity index (χ2n) is 6.14. The highest BCUT2D eigenvalue weighted by atomic mass is 79.9. The van der Waals surface area contributed by atoms with E-state index >= 15 is 0 Å². The van der Waals surface area contributed by atoms with Crippen LogP contribution in [-0.2, 0) is 0 Å². The van der Waals surface area contributed by atoms with Crippen LogP contribution in [0, 0.1) is 15.5 Å². The Morgan fingerprint density at radius 3 is 2.62 bits per heavy atom. The van der Waals surface area contributed by atoms with Crippen molar-refractivity contribution >= 4 is 21.6 Å². The fourth-order valence-corrected chi connectivity index (χ4v) is 4.19. The van der Waals surface area contributed by atoms with Crippen molar-refractivity contribution in [3.8, 4) is 5.75 Å². The first-order valence-electron chi connectivity index (χ1n) is 7.38. The molecule has 0 radical (unpaired) electrons. The highest BCUT2D eigenvalue weighted by Gasteiger charge is 2.54. The molecule has 0 bridgehead atoms. The number of benzene rings is 1. The van der Waals surface area contributed by atoms with Gasteiger partial charge < -0.3 is 10.5 Å². The third-order valence-corrected chi connectivity index (χ3v) is 5.44. The molecule has 2 fully saturated rings. The SMILES string of the molecule is NC1CC(Oc2cc(Br)cc([N+](=O)[O-])c2)C12CCCCC2. The molecule has 0 aliphatic heterocycles. The summed E-state index contributed by atoms with van der Waals surface area (Å²) >= 11 is 3.30. The lowest BCUT2D eigenvalue weighted by Gasteiger charge is -2.56. The van der Waals surface area contributed by atoms with Crippen LogP contribution in [0.4, 0.5) is 5.69 Å². The molecule has 2 aliphatic carbocycles. The Kier molecular flexibility index (Phi) is 3.92. The smallest absolute Gasteiger partial charge is 0.274 e. The first-order valence-corrected chi connectivity index (χ1v) is 8.18. The Bertz CT molecular complexity index is 558. The van der Waals surface area contributed by atoms with Crippen LogP contribution in [-0.4, -0.2) is 17.1 Å². The Hall–Kier alpha value is -1.14. The summed E-state index contributed by atoms with van der Waals surface area (Å²) in [5, 5.41) is 10.9. The van der Waals surface area contributed by atoms with Crippen molar-refractivity contribution in [2.24, 2.45) is 11.1 Å². The summed E-state index contributed by atoms with van der Waals surface area (Å²) in [5.41, 5.74) is 6.36. The van der Waals surface area contributed by atoms with Gasteiger partial charge in [0.25, 0.3) is 5.69 Å². The second kappa shape index (κ2) is 5.57. The Labute approximate surface area is 132 Å². The van der Waals surface area contributed by atoms with E-state index in [0.29, 0.717) is 10.2 Å². The molecule has 1 aromatic rings. The van der Waals surface area contributed by atoms with Crippen LogP contribution in [0.25, 0.3) is 0 Å². The normalized spacial score (nSPS) is 27.1. The van der Waals surface area contributed by atoms with E-state index in [0.717, 1.165) is 19.3 Å². The lowest BCUT2D eigenvalue weighted by molar-refractivity contribution is -0.385. The quantitative estimate of drug-likeness (QED) is 0.661. The summed E-state index contributed by atoms with van der Waals surface area (Å²) in [7, 11) is 0. The van der Waals surface area contributed by atoms with Crippen molar-refractivity contribution < 1.29 is 9.66 Å². The Balaban J connectivity index is 1.79. The van der Waals surface area contributed by atoms with Crippen LogP contribution >= 0.6 is 15.9 Å². The molecule has 2 unspecified atom stereocenters. The molecule has 114 valence electrons. The van der Waals surface area contributed by atoms with E-state index in [1.165, 1.54) is 31.4 Å². The van der Waals surface area contributed by atoms with Crippen LogP contribution in [0.2, 0.25) is 0 Å². The standard InChI is InChI=1S/C15H19BrN2O3/c16-10-6-11(18(19)20)8-12(7-10)21-14-9-13(17)15(14)4-2-1-3-5-15/h6-8,13-14H,1-5,9,17H2. The van der Waals surface area contributed by atoms with Gasteiger partial charge in [-0.05, 0) is 18.9 Å². The Morgan fingerprint density at radius 2 is 2.00 bits per heavy atom. The van der Waals surface area contributed by atoms with Gasteiger partial charge in [-0.3, -0.25) is 10.1 Å². The van der Waals surface area contributed by atoms with E-state index < -0.39 is 4.92 Å². The zero-order chi connectivity index (χ0) is 15.0. The molecule has 0 saturated heterocycles. The van der Waals surface area contributed by atoms with Gasteiger partial charge in [0.05, 0.1) is 11.0 Å². The summed E-state index contributed by atoms with van der Waals surface area (Å²) in [6.07, 6.45) is 6.80. The van der Waals surface area contributed by atoms with Crippen LogP contribution < -0.4 is 10.5 Å². The molecule has 1 aromatic carbocycles. The molecular formula is C15H19BrN2O3. The maximum atomic E-state index is 10.9. The number of nitro groups is 1. The maximum absolute atomic E-state index is 10.9. The second-order valence-corrected chi connectivity index (χ2v) is 7.06. The predicted octanol–water partition coefficient (Wildman–Crippen LogP) is 3.79. The number of nitro benzene ring substituents is 1. The summed E-state index contributed by atoms with van der Waals surface area (Å²) in [6.45, 7) is 0. The third kappa shape index (κ3) is 2.66. The van der Waals surface area contributed by atoms with E-state index in [2.05, 4.69) is 15.9 Å². The zero-order valence-electron chi connectivity index (χ0n) is 11.8. The number of nitrogens with zero attached hydrogens (tertiary/aromatic N) is 1. The number of hydrogen-bond donors (Lipinski definition) is 1. The molecule has 2 atom stereocenters. The fourth-order valence-electron chi connectivity index (χ4n) is 3.73. The molecule has 1 spiro atoms. The molecule has 3 rings (SSSR count). The molecule has 5 nitrogen and oxygen atoms in total. The van der Waals surface area contributed by atoms with Crippen LogP contribution in [0.5, 0.6) is 5.75 Å². The van der Waals surface area contributed by atoms with Gasteiger partial charge in [0.2, 0.25) is 0 Å². The van der Waals surface area contributed by atoms with Gasteiger partial charge in [-0.25, -0.2) is 0 Å². The summed E-state index contributed by atoms with van der Waals surface area (Å²) in [5.74, 6) is 0.554. The molecule has 0 heterocycles. The maximum Gasteiger partial charge on any atom is 0.274 e. The average molecular weight is 355 g/mol. The van der Waals surface area contributed by atoms with Crippen LogP contribution in [0.3, 0.4) is 0 Å². The van der Waals surface area contributed by atoms with Crippen LogP contribution in [0.1, 0.15) is 38.5 Å². The van der Waals surface area contributed by atoms with Crippen molar-refractivity contribution in [1.82, 2.24) is 0 Å². The molecular weight excluding hydrogens is 336 g/mol. The van der Waals surface area contributed by atoms with Gasteiger partial charge in [-0.2, -0.15) is 0 Å². The van der Waals surface area contributed by atoms with E-state index in [9.17, 15) is 10.1 Å². The fraction of sp³-hybridized carbons (Fsp3) is 0.600. The topological polar surface area (TPSA) is 78.4 Å². The van der Waals surface area contributed by atoms with E-state index in [4.69, 9.17) is 10.5 Å². The van der Waals surface area contributed by atoms with Gasteiger partial charge in [0.15, 0.2) is 0 Å². The monoisotopic (exact) mass is 354 g/mol. The minimum absolute atomic E-state index is 0.0423. The highest BCUT2D eigenvalue weighted by molar-refractivity contribution is 9.10. The number of rotatable bonds is 3. The number of ether oxygens (including phenoxy) is 1. The molecule has 2 saturated carbocycles. The van der Waals surface area contributed by atoms with E-state index in [-0.39, 0.29) is 23.2 Å².